The number of rotatable bonds is 3. The Balaban J connectivity index is 1.65. The highest BCUT2D eigenvalue weighted by molar-refractivity contribution is 6.02. The molecular weight excluding hydrogens is 300 g/mol. The van der Waals surface area contributed by atoms with E-state index in [0.29, 0.717) is 19.0 Å². The minimum Gasteiger partial charge on any atom is -0.350 e. The summed E-state index contributed by atoms with van der Waals surface area (Å²) in [4.78, 5) is 13.3. The third-order valence-corrected chi connectivity index (χ3v) is 6.03. The number of benzene rings is 1. The second kappa shape index (κ2) is 5.27. The van der Waals surface area contributed by atoms with Gasteiger partial charge in [-0.25, -0.2) is 0 Å². The molecule has 1 spiro atoms. The van der Waals surface area contributed by atoms with Gasteiger partial charge in [-0.1, -0.05) is 42.0 Å². The third-order valence-electron chi connectivity index (χ3n) is 6.03. The predicted molar refractivity (Wildman–Crippen MR) is 92.7 cm³/mol. The molecule has 1 unspecified atom stereocenters. The number of carbonyl (C=O) groups is 1. The van der Waals surface area contributed by atoms with E-state index in [1.54, 1.807) is 0 Å². The number of ketones is 1. The van der Waals surface area contributed by atoms with Crippen LogP contribution >= 0.6 is 0 Å². The SMILES string of the molecule is CC1=CC(C2(C(=O)c3ccccc3)CC2)C2(COC(C)(C)OC2)C1. The summed E-state index contributed by atoms with van der Waals surface area (Å²) in [5, 5.41) is 0. The highest BCUT2D eigenvalue weighted by Gasteiger charge is 2.63. The molecule has 24 heavy (non-hydrogen) atoms. The number of hydrogen-bond donors (Lipinski definition) is 0. The maximum atomic E-state index is 13.3. The Kier molecular flexibility index (Phi) is 3.52. The fraction of sp³-hybridized carbons (Fsp3) is 0.571. The molecule has 0 bridgehead atoms. The maximum Gasteiger partial charge on any atom is 0.169 e. The topological polar surface area (TPSA) is 35.5 Å². The lowest BCUT2D eigenvalue weighted by atomic mass is 9.67. The quantitative estimate of drug-likeness (QED) is 0.610. The summed E-state index contributed by atoms with van der Waals surface area (Å²) in [6.45, 7) is 7.44. The fourth-order valence-electron chi connectivity index (χ4n) is 4.62. The van der Waals surface area contributed by atoms with Crippen molar-refractivity contribution in [2.45, 2.75) is 45.8 Å². The molecule has 1 saturated carbocycles. The fourth-order valence-corrected chi connectivity index (χ4v) is 4.62. The molecule has 1 heterocycles. The normalized spacial score (nSPS) is 29.3. The highest BCUT2D eigenvalue weighted by Crippen LogP contribution is 2.64. The zero-order valence-electron chi connectivity index (χ0n) is 14.8. The van der Waals surface area contributed by atoms with Crippen LogP contribution in [0.3, 0.4) is 0 Å². The van der Waals surface area contributed by atoms with Gasteiger partial charge in [0.2, 0.25) is 0 Å². The van der Waals surface area contributed by atoms with Crippen LogP contribution in [0, 0.1) is 16.7 Å². The van der Waals surface area contributed by atoms with Crippen molar-refractivity contribution in [3.63, 3.8) is 0 Å². The van der Waals surface area contributed by atoms with Crippen molar-refractivity contribution in [1.29, 1.82) is 0 Å². The zero-order valence-corrected chi connectivity index (χ0v) is 14.8. The third kappa shape index (κ3) is 2.46. The van der Waals surface area contributed by atoms with Crippen LogP contribution in [-0.4, -0.2) is 24.8 Å². The van der Waals surface area contributed by atoms with Crippen molar-refractivity contribution in [1.82, 2.24) is 0 Å². The molecule has 1 aromatic rings. The average Bonchev–Trinajstić information content (AvgIpc) is 3.30. The average molecular weight is 326 g/mol. The van der Waals surface area contributed by atoms with Crippen molar-refractivity contribution in [3.8, 4) is 0 Å². The predicted octanol–water partition coefficient (Wildman–Crippen LogP) is 4.39. The van der Waals surface area contributed by atoms with E-state index < -0.39 is 5.79 Å². The molecule has 2 fully saturated rings. The molecule has 3 nitrogen and oxygen atoms in total. The molecule has 2 aliphatic carbocycles. The van der Waals surface area contributed by atoms with Gasteiger partial charge in [0.05, 0.1) is 13.2 Å². The van der Waals surface area contributed by atoms with E-state index in [-0.39, 0.29) is 16.7 Å². The molecule has 0 radical (unpaired) electrons. The van der Waals surface area contributed by atoms with Crippen LogP contribution in [0.4, 0.5) is 0 Å². The van der Waals surface area contributed by atoms with Gasteiger partial charge in [-0.3, -0.25) is 4.79 Å². The van der Waals surface area contributed by atoms with Crippen molar-refractivity contribution in [2.24, 2.45) is 16.7 Å². The van der Waals surface area contributed by atoms with Crippen LogP contribution in [-0.2, 0) is 9.47 Å². The van der Waals surface area contributed by atoms with Crippen LogP contribution in [0.25, 0.3) is 0 Å². The van der Waals surface area contributed by atoms with E-state index >= 15 is 0 Å². The first-order chi connectivity index (χ1) is 11.4. The smallest absolute Gasteiger partial charge is 0.169 e. The number of carbonyl (C=O) groups excluding carboxylic acids is 1. The van der Waals surface area contributed by atoms with Crippen LogP contribution < -0.4 is 0 Å². The van der Waals surface area contributed by atoms with Crippen LogP contribution in [0.5, 0.6) is 0 Å². The first kappa shape index (κ1) is 16.0. The Morgan fingerprint density at radius 2 is 1.71 bits per heavy atom. The number of ether oxygens (including phenoxy) is 2. The minimum absolute atomic E-state index is 0.0828. The van der Waals surface area contributed by atoms with Crippen molar-refractivity contribution in [3.05, 3.63) is 47.5 Å². The Hall–Kier alpha value is -1.45. The lowest BCUT2D eigenvalue weighted by Crippen LogP contribution is -2.51. The molecule has 0 aromatic heterocycles. The minimum atomic E-state index is -0.521. The molecule has 0 amide bonds. The monoisotopic (exact) mass is 326 g/mol. The Bertz CT molecular complexity index is 672. The Labute approximate surface area is 144 Å². The molecule has 1 saturated heterocycles. The Morgan fingerprint density at radius 1 is 1.08 bits per heavy atom. The number of Topliss-reactive ketones (excluding diaryl/α,β-unsaturated/α-hetero) is 1. The lowest BCUT2D eigenvalue weighted by molar-refractivity contribution is -0.292. The van der Waals surface area contributed by atoms with Gasteiger partial charge in [-0.15, -0.1) is 0 Å². The van der Waals surface area contributed by atoms with Gasteiger partial charge < -0.3 is 9.47 Å². The van der Waals surface area contributed by atoms with Gasteiger partial charge in [-0.2, -0.15) is 0 Å². The molecular formula is C21H26O3. The number of allylic oxidation sites excluding steroid dienone is 2. The van der Waals surface area contributed by atoms with Crippen LogP contribution in [0.2, 0.25) is 0 Å². The first-order valence-electron chi connectivity index (χ1n) is 8.92. The lowest BCUT2D eigenvalue weighted by Gasteiger charge is -2.46. The standard InChI is InChI=1S/C21H26O3/c1-15-11-17(20(12-15)13-23-19(2,3)24-14-20)21(9-10-21)18(22)16-7-5-4-6-8-16/h4-8,11,17H,9-10,12-14H2,1-3H3. The summed E-state index contributed by atoms with van der Waals surface area (Å²) < 4.78 is 12.0. The summed E-state index contributed by atoms with van der Waals surface area (Å²) in [6, 6.07) is 9.74. The van der Waals surface area contributed by atoms with E-state index in [9.17, 15) is 4.79 Å². The maximum absolute atomic E-state index is 13.3. The summed E-state index contributed by atoms with van der Waals surface area (Å²) in [5.74, 6) is -0.0102. The molecule has 0 N–H and O–H groups in total. The van der Waals surface area contributed by atoms with Gasteiger partial charge in [0, 0.05) is 22.3 Å². The molecule has 128 valence electrons. The van der Waals surface area contributed by atoms with Gasteiger partial charge in [-0.05, 0) is 40.0 Å². The number of hydrogen-bond acceptors (Lipinski definition) is 3. The summed E-state index contributed by atoms with van der Waals surface area (Å²) in [7, 11) is 0. The second-order valence-electron chi connectivity index (χ2n) is 8.36. The largest absolute Gasteiger partial charge is 0.350 e. The van der Waals surface area contributed by atoms with Crippen molar-refractivity contribution >= 4 is 5.78 Å². The molecule has 1 aromatic carbocycles. The van der Waals surface area contributed by atoms with Crippen LogP contribution in [0.1, 0.15) is 50.4 Å². The van der Waals surface area contributed by atoms with E-state index in [4.69, 9.17) is 9.47 Å². The van der Waals surface area contributed by atoms with Gasteiger partial charge >= 0.3 is 0 Å². The summed E-state index contributed by atoms with van der Waals surface area (Å²) in [5.41, 5.74) is 1.86. The van der Waals surface area contributed by atoms with Gasteiger partial charge in [0.25, 0.3) is 0 Å². The second-order valence-corrected chi connectivity index (χ2v) is 8.36. The van der Waals surface area contributed by atoms with E-state index in [0.717, 1.165) is 24.8 Å². The summed E-state index contributed by atoms with van der Waals surface area (Å²) in [6.07, 6.45) is 5.25. The highest BCUT2D eigenvalue weighted by atomic mass is 16.7. The van der Waals surface area contributed by atoms with E-state index in [1.807, 2.05) is 44.2 Å². The van der Waals surface area contributed by atoms with Gasteiger partial charge in [0.15, 0.2) is 11.6 Å². The Morgan fingerprint density at radius 3 is 2.29 bits per heavy atom. The van der Waals surface area contributed by atoms with Gasteiger partial charge in [0.1, 0.15) is 0 Å². The first-order valence-corrected chi connectivity index (χ1v) is 8.92. The molecule has 1 aliphatic heterocycles. The van der Waals surface area contributed by atoms with E-state index in [2.05, 4.69) is 13.0 Å². The van der Waals surface area contributed by atoms with Crippen LogP contribution in [0.15, 0.2) is 42.0 Å². The van der Waals surface area contributed by atoms with Crippen molar-refractivity contribution in [2.75, 3.05) is 13.2 Å². The zero-order chi connectivity index (χ0) is 17.0. The molecule has 1 atom stereocenters. The molecule has 4 rings (SSSR count). The van der Waals surface area contributed by atoms with Crippen molar-refractivity contribution < 1.29 is 14.3 Å². The molecule has 3 aliphatic rings. The van der Waals surface area contributed by atoms with E-state index in [1.165, 1.54) is 5.57 Å². The molecule has 3 heteroatoms. The summed E-state index contributed by atoms with van der Waals surface area (Å²) >= 11 is 0.